The molecule has 0 spiro atoms. The summed E-state index contributed by atoms with van der Waals surface area (Å²) in [5, 5.41) is 0. The zero-order valence-corrected chi connectivity index (χ0v) is 6.10. The Balaban J connectivity index is 2.86. The van der Waals surface area contributed by atoms with E-state index in [4.69, 9.17) is 5.73 Å². The molecule has 0 atom stereocenters. The number of aromatic nitrogens is 1. The first-order chi connectivity index (χ1) is 5.88. The molecule has 13 heavy (non-hydrogen) atoms. The van der Waals surface area contributed by atoms with Gasteiger partial charge in [-0.1, -0.05) is 0 Å². The molecular weight excluding hydrogens is 192 g/mol. The van der Waals surface area contributed by atoms with Crippen LogP contribution in [0.25, 0.3) is 0 Å². The Bertz CT molecular complexity index is 312. The monoisotopic (exact) mass is 196 g/mol. The van der Waals surface area contributed by atoms with Gasteiger partial charge in [0.1, 0.15) is 0 Å². The van der Waals surface area contributed by atoms with E-state index in [9.17, 15) is 17.6 Å². The second-order valence-electron chi connectivity index (χ2n) is 2.09. The van der Waals surface area contributed by atoms with E-state index in [2.05, 4.69) is 9.72 Å². The normalized spacial score (nSPS) is 11.4. The lowest BCUT2D eigenvalue weighted by atomic mass is 10.4. The van der Waals surface area contributed by atoms with Crippen molar-refractivity contribution in [1.29, 1.82) is 0 Å². The number of hydrogen-bond donors (Lipinski definition) is 1. The Labute approximate surface area is 70.1 Å². The fourth-order valence-corrected chi connectivity index (χ4v) is 0.620. The van der Waals surface area contributed by atoms with Crippen LogP contribution in [0, 0.1) is 5.82 Å². The van der Waals surface area contributed by atoms with Crippen molar-refractivity contribution in [3.05, 3.63) is 18.1 Å². The molecule has 1 rings (SSSR count). The van der Waals surface area contributed by atoms with Gasteiger partial charge in [-0.2, -0.15) is 0 Å². The van der Waals surface area contributed by atoms with Gasteiger partial charge >= 0.3 is 6.36 Å². The average Bonchev–Trinajstić information content (AvgIpc) is 1.94. The molecule has 0 aliphatic carbocycles. The molecule has 0 saturated carbocycles. The van der Waals surface area contributed by atoms with Gasteiger partial charge < -0.3 is 10.5 Å². The van der Waals surface area contributed by atoms with Crippen LogP contribution in [0.4, 0.5) is 23.4 Å². The van der Waals surface area contributed by atoms with E-state index in [1.165, 1.54) is 0 Å². The summed E-state index contributed by atoms with van der Waals surface area (Å²) in [4.78, 5) is 3.14. The van der Waals surface area contributed by atoms with Crippen molar-refractivity contribution in [2.24, 2.45) is 0 Å². The highest BCUT2D eigenvalue weighted by molar-refractivity contribution is 5.34. The summed E-state index contributed by atoms with van der Waals surface area (Å²) in [7, 11) is 0. The van der Waals surface area contributed by atoms with Crippen molar-refractivity contribution in [3.8, 4) is 5.75 Å². The molecule has 0 fully saturated rings. The molecule has 3 nitrogen and oxygen atoms in total. The maximum absolute atomic E-state index is 12.5. The fraction of sp³-hybridized carbons (Fsp3) is 0.167. The Hall–Kier alpha value is -1.53. The lowest BCUT2D eigenvalue weighted by Crippen LogP contribution is -2.17. The van der Waals surface area contributed by atoms with Gasteiger partial charge in [0.05, 0.1) is 6.20 Å². The van der Waals surface area contributed by atoms with Crippen LogP contribution >= 0.6 is 0 Å². The van der Waals surface area contributed by atoms with Crippen LogP contribution in [0.3, 0.4) is 0 Å². The second-order valence-corrected chi connectivity index (χ2v) is 2.09. The molecule has 0 aliphatic rings. The molecule has 1 aromatic heterocycles. The van der Waals surface area contributed by atoms with E-state index in [0.717, 1.165) is 0 Å². The third kappa shape index (κ3) is 2.77. The Morgan fingerprint density at radius 3 is 2.46 bits per heavy atom. The van der Waals surface area contributed by atoms with Gasteiger partial charge in [0.25, 0.3) is 0 Å². The molecule has 0 aromatic carbocycles. The lowest BCUT2D eigenvalue weighted by molar-refractivity contribution is -0.274. The minimum atomic E-state index is -4.86. The van der Waals surface area contributed by atoms with Gasteiger partial charge in [0.15, 0.2) is 17.4 Å². The van der Waals surface area contributed by atoms with Gasteiger partial charge in [-0.15, -0.1) is 13.2 Å². The summed E-state index contributed by atoms with van der Waals surface area (Å²) in [5.74, 6) is -2.27. The van der Waals surface area contributed by atoms with Crippen LogP contribution in [-0.4, -0.2) is 11.3 Å². The maximum Gasteiger partial charge on any atom is 0.573 e. The molecule has 2 N–H and O–H groups in total. The van der Waals surface area contributed by atoms with Gasteiger partial charge in [-0.25, -0.2) is 9.37 Å². The van der Waals surface area contributed by atoms with E-state index >= 15 is 0 Å². The topological polar surface area (TPSA) is 48.1 Å². The maximum atomic E-state index is 12.5. The largest absolute Gasteiger partial charge is 0.573 e. The predicted molar refractivity (Wildman–Crippen MR) is 35.3 cm³/mol. The number of nitrogens with zero attached hydrogens (tertiary/aromatic N) is 1. The zero-order chi connectivity index (χ0) is 10.1. The summed E-state index contributed by atoms with van der Waals surface area (Å²) in [6.45, 7) is 0. The number of nitrogen functional groups attached to an aromatic ring is 1. The third-order valence-corrected chi connectivity index (χ3v) is 1.08. The van der Waals surface area contributed by atoms with E-state index in [1.54, 1.807) is 0 Å². The van der Waals surface area contributed by atoms with Crippen molar-refractivity contribution >= 4 is 5.82 Å². The van der Waals surface area contributed by atoms with Crippen molar-refractivity contribution in [2.75, 3.05) is 5.73 Å². The van der Waals surface area contributed by atoms with Gasteiger partial charge in [-0.3, -0.25) is 0 Å². The number of halogens is 4. The zero-order valence-electron chi connectivity index (χ0n) is 6.10. The van der Waals surface area contributed by atoms with E-state index in [0.29, 0.717) is 12.3 Å². The summed E-state index contributed by atoms with van der Waals surface area (Å²) in [6.07, 6.45) is -4.17. The van der Waals surface area contributed by atoms with E-state index in [1.807, 2.05) is 0 Å². The minimum Gasteiger partial charge on any atom is -0.404 e. The first kappa shape index (κ1) is 9.56. The molecular formula is C6H4F4N2O. The molecule has 0 amide bonds. The van der Waals surface area contributed by atoms with Crippen LogP contribution in [0.5, 0.6) is 5.75 Å². The highest BCUT2D eigenvalue weighted by atomic mass is 19.4. The SMILES string of the molecule is Nc1ncc(OC(F)(F)F)cc1F. The molecule has 0 bridgehead atoms. The summed E-state index contributed by atoms with van der Waals surface area (Å²) in [6, 6.07) is 0.510. The molecule has 0 saturated heterocycles. The highest BCUT2D eigenvalue weighted by Gasteiger charge is 2.31. The van der Waals surface area contributed by atoms with Gasteiger partial charge in [0.2, 0.25) is 0 Å². The van der Waals surface area contributed by atoms with Crippen molar-refractivity contribution in [3.63, 3.8) is 0 Å². The molecule has 0 unspecified atom stereocenters. The molecule has 1 aromatic rings. The number of pyridine rings is 1. The number of anilines is 1. The lowest BCUT2D eigenvalue weighted by Gasteiger charge is -2.08. The Kier molecular flexibility index (Phi) is 2.26. The molecule has 0 aliphatic heterocycles. The van der Waals surface area contributed by atoms with E-state index in [-0.39, 0.29) is 0 Å². The summed E-state index contributed by atoms with van der Waals surface area (Å²) >= 11 is 0. The van der Waals surface area contributed by atoms with E-state index < -0.39 is 23.7 Å². The average molecular weight is 196 g/mol. The third-order valence-electron chi connectivity index (χ3n) is 1.08. The number of alkyl halides is 3. The van der Waals surface area contributed by atoms with Crippen molar-refractivity contribution < 1.29 is 22.3 Å². The standard InChI is InChI=1S/C6H4F4N2O/c7-4-1-3(2-12-5(4)11)13-6(8,9)10/h1-2H,(H2,11,12). The Morgan fingerprint density at radius 2 is 2.00 bits per heavy atom. The highest BCUT2D eigenvalue weighted by Crippen LogP contribution is 2.23. The van der Waals surface area contributed by atoms with Gasteiger partial charge in [0, 0.05) is 6.07 Å². The second kappa shape index (κ2) is 3.08. The first-order valence-corrected chi connectivity index (χ1v) is 3.05. The first-order valence-electron chi connectivity index (χ1n) is 3.05. The van der Waals surface area contributed by atoms with Crippen LogP contribution in [-0.2, 0) is 0 Å². The minimum absolute atomic E-state index is 0.477. The number of nitrogens with two attached hydrogens (primary N) is 1. The summed E-state index contributed by atoms with van der Waals surface area (Å²) in [5.41, 5.74) is 4.93. The predicted octanol–water partition coefficient (Wildman–Crippen LogP) is 1.70. The Morgan fingerprint density at radius 1 is 1.38 bits per heavy atom. The van der Waals surface area contributed by atoms with Crippen molar-refractivity contribution in [2.45, 2.75) is 6.36 Å². The number of rotatable bonds is 1. The van der Waals surface area contributed by atoms with Gasteiger partial charge in [-0.05, 0) is 0 Å². The molecule has 7 heteroatoms. The van der Waals surface area contributed by atoms with Crippen LogP contribution in [0.15, 0.2) is 12.3 Å². The van der Waals surface area contributed by atoms with Crippen molar-refractivity contribution in [1.82, 2.24) is 4.98 Å². The van der Waals surface area contributed by atoms with Crippen LogP contribution in [0.1, 0.15) is 0 Å². The number of ether oxygens (including phenoxy) is 1. The van der Waals surface area contributed by atoms with Crippen LogP contribution in [0.2, 0.25) is 0 Å². The molecule has 0 radical (unpaired) electrons. The molecule has 72 valence electrons. The van der Waals surface area contributed by atoms with Crippen LogP contribution < -0.4 is 10.5 Å². The smallest absolute Gasteiger partial charge is 0.404 e. The summed E-state index contributed by atoms with van der Waals surface area (Å²) < 4.78 is 50.6. The quantitative estimate of drug-likeness (QED) is 0.695. The number of hydrogen-bond acceptors (Lipinski definition) is 3. The molecule has 1 heterocycles. The fourth-order valence-electron chi connectivity index (χ4n) is 0.620.